The van der Waals surface area contributed by atoms with Crippen molar-refractivity contribution in [1.29, 1.82) is 0 Å². The smallest absolute Gasteiger partial charge is 0.356 e. The van der Waals surface area contributed by atoms with Crippen molar-refractivity contribution in [3.63, 3.8) is 0 Å². The van der Waals surface area contributed by atoms with E-state index in [4.69, 9.17) is 10.2 Å². The molecule has 1 heterocycles. The molecule has 0 saturated heterocycles. The molecule has 0 amide bonds. The van der Waals surface area contributed by atoms with Crippen LogP contribution in [0.4, 0.5) is 0 Å². The van der Waals surface area contributed by atoms with Crippen molar-refractivity contribution in [2.75, 3.05) is 0 Å². The molecule has 94 valence electrons. The summed E-state index contributed by atoms with van der Waals surface area (Å²) < 4.78 is 1.47. The fraction of sp³-hybridized carbons (Fsp3) is 0.231. The molecule has 0 fully saturated rings. The average molecular weight is 246 g/mol. The van der Waals surface area contributed by atoms with Crippen LogP contribution in [-0.2, 0) is 6.61 Å². The summed E-state index contributed by atoms with van der Waals surface area (Å²) in [7, 11) is 0. The van der Waals surface area contributed by atoms with Crippen molar-refractivity contribution < 1.29 is 15.0 Å². The number of carboxylic acid groups (broad SMARTS) is 1. The van der Waals surface area contributed by atoms with E-state index in [0.717, 1.165) is 16.8 Å². The monoisotopic (exact) mass is 246 g/mol. The number of aromatic carboxylic acids is 1. The van der Waals surface area contributed by atoms with E-state index < -0.39 is 5.97 Å². The van der Waals surface area contributed by atoms with Gasteiger partial charge in [0.15, 0.2) is 5.69 Å². The van der Waals surface area contributed by atoms with Crippen LogP contribution in [0.1, 0.15) is 27.2 Å². The summed E-state index contributed by atoms with van der Waals surface area (Å²) in [4.78, 5) is 11.0. The maximum absolute atomic E-state index is 11.0. The van der Waals surface area contributed by atoms with Crippen molar-refractivity contribution in [1.82, 2.24) is 9.78 Å². The standard InChI is InChI=1S/C13H14N2O3/c1-8-3-4-11(5-9(8)2)15-6-10(7-16)12(14-15)13(17)18/h3-6,16H,7H2,1-2H3,(H,17,18). The molecule has 2 rings (SSSR count). The van der Waals surface area contributed by atoms with Crippen molar-refractivity contribution in [3.05, 3.63) is 46.8 Å². The van der Waals surface area contributed by atoms with Gasteiger partial charge in [-0.25, -0.2) is 9.48 Å². The van der Waals surface area contributed by atoms with E-state index in [1.54, 1.807) is 0 Å². The Balaban J connectivity index is 2.50. The minimum Gasteiger partial charge on any atom is -0.476 e. The Kier molecular flexibility index (Phi) is 3.16. The molecule has 0 radical (unpaired) electrons. The Morgan fingerprint density at radius 1 is 1.33 bits per heavy atom. The average Bonchev–Trinajstić information content (AvgIpc) is 2.77. The number of benzene rings is 1. The van der Waals surface area contributed by atoms with Gasteiger partial charge < -0.3 is 10.2 Å². The summed E-state index contributed by atoms with van der Waals surface area (Å²) >= 11 is 0. The fourth-order valence-corrected chi connectivity index (χ4v) is 1.71. The lowest BCUT2D eigenvalue weighted by atomic mass is 10.1. The molecule has 0 spiro atoms. The number of aromatic nitrogens is 2. The first-order chi connectivity index (χ1) is 8.52. The second-order valence-corrected chi connectivity index (χ2v) is 4.18. The molecule has 2 N–H and O–H groups in total. The molecule has 0 unspecified atom stereocenters. The van der Waals surface area contributed by atoms with E-state index >= 15 is 0 Å². The van der Waals surface area contributed by atoms with Crippen LogP contribution >= 0.6 is 0 Å². The zero-order valence-electron chi connectivity index (χ0n) is 10.2. The van der Waals surface area contributed by atoms with Gasteiger partial charge in [-0.3, -0.25) is 0 Å². The van der Waals surface area contributed by atoms with Gasteiger partial charge in [-0.2, -0.15) is 5.10 Å². The molecule has 0 aliphatic rings. The maximum Gasteiger partial charge on any atom is 0.356 e. The van der Waals surface area contributed by atoms with Crippen LogP contribution < -0.4 is 0 Å². The molecule has 0 aliphatic carbocycles. The van der Waals surface area contributed by atoms with E-state index in [1.165, 1.54) is 10.9 Å². The Bertz CT molecular complexity index is 602. The van der Waals surface area contributed by atoms with Crippen molar-refractivity contribution in [3.8, 4) is 5.69 Å². The summed E-state index contributed by atoms with van der Waals surface area (Å²) in [6.45, 7) is 3.64. The van der Waals surface area contributed by atoms with Gasteiger partial charge in [0.1, 0.15) is 0 Å². The van der Waals surface area contributed by atoms with Gasteiger partial charge in [-0.1, -0.05) is 6.07 Å². The SMILES string of the molecule is Cc1ccc(-n2cc(CO)c(C(=O)O)n2)cc1C. The van der Waals surface area contributed by atoms with Gasteiger partial charge in [-0.15, -0.1) is 0 Å². The minimum atomic E-state index is -1.14. The van der Waals surface area contributed by atoms with E-state index in [9.17, 15) is 4.79 Å². The van der Waals surface area contributed by atoms with Crippen LogP contribution in [0.25, 0.3) is 5.69 Å². The highest BCUT2D eigenvalue weighted by Crippen LogP contribution is 2.16. The molecule has 1 aromatic carbocycles. The zero-order chi connectivity index (χ0) is 13.3. The molecule has 0 atom stereocenters. The summed E-state index contributed by atoms with van der Waals surface area (Å²) in [6.07, 6.45) is 1.54. The van der Waals surface area contributed by atoms with Crippen LogP contribution in [0, 0.1) is 13.8 Å². The lowest BCUT2D eigenvalue weighted by Crippen LogP contribution is -2.03. The number of nitrogens with zero attached hydrogens (tertiary/aromatic N) is 2. The number of rotatable bonds is 3. The van der Waals surface area contributed by atoms with Gasteiger partial charge in [0, 0.05) is 11.8 Å². The van der Waals surface area contributed by atoms with Crippen molar-refractivity contribution >= 4 is 5.97 Å². The molecular weight excluding hydrogens is 232 g/mol. The topological polar surface area (TPSA) is 75.4 Å². The van der Waals surface area contributed by atoms with E-state index in [1.807, 2.05) is 32.0 Å². The van der Waals surface area contributed by atoms with Gasteiger partial charge in [0.2, 0.25) is 0 Å². The van der Waals surface area contributed by atoms with Crippen LogP contribution in [0.3, 0.4) is 0 Å². The number of aliphatic hydroxyl groups is 1. The van der Waals surface area contributed by atoms with Crippen molar-refractivity contribution in [2.45, 2.75) is 20.5 Å². The predicted octanol–water partition coefficient (Wildman–Crippen LogP) is 1.68. The normalized spacial score (nSPS) is 10.6. The van der Waals surface area contributed by atoms with Gasteiger partial charge in [0.25, 0.3) is 0 Å². The first kappa shape index (κ1) is 12.3. The number of carboxylic acids is 1. The quantitative estimate of drug-likeness (QED) is 0.864. The third-order valence-corrected chi connectivity index (χ3v) is 2.92. The summed E-state index contributed by atoms with van der Waals surface area (Å²) in [6, 6.07) is 5.74. The van der Waals surface area contributed by atoms with Crippen molar-refractivity contribution in [2.24, 2.45) is 0 Å². The number of hydrogen-bond donors (Lipinski definition) is 2. The summed E-state index contributed by atoms with van der Waals surface area (Å²) in [5.41, 5.74) is 3.23. The minimum absolute atomic E-state index is 0.115. The molecule has 5 heteroatoms. The molecule has 2 aromatic rings. The number of aliphatic hydroxyl groups excluding tert-OH is 1. The first-order valence-corrected chi connectivity index (χ1v) is 5.53. The van der Waals surface area contributed by atoms with Gasteiger partial charge in [0.05, 0.1) is 12.3 Å². The largest absolute Gasteiger partial charge is 0.476 e. The Hall–Kier alpha value is -2.14. The highest BCUT2D eigenvalue weighted by atomic mass is 16.4. The molecule has 5 nitrogen and oxygen atoms in total. The number of carbonyl (C=O) groups is 1. The third kappa shape index (κ3) is 2.12. The molecule has 1 aromatic heterocycles. The second kappa shape index (κ2) is 4.62. The number of hydrogen-bond acceptors (Lipinski definition) is 3. The molecular formula is C13H14N2O3. The van der Waals surface area contributed by atoms with E-state index in [2.05, 4.69) is 5.10 Å². The van der Waals surface area contributed by atoms with E-state index in [-0.39, 0.29) is 12.3 Å². The lowest BCUT2D eigenvalue weighted by molar-refractivity contribution is 0.0686. The summed E-state index contributed by atoms with van der Waals surface area (Å²) in [5, 5.41) is 22.1. The Morgan fingerprint density at radius 2 is 2.06 bits per heavy atom. The first-order valence-electron chi connectivity index (χ1n) is 5.53. The lowest BCUT2D eigenvalue weighted by Gasteiger charge is -2.04. The molecule has 0 aliphatic heterocycles. The van der Waals surface area contributed by atoms with Crippen LogP contribution in [-0.4, -0.2) is 26.0 Å². The number of aryl methyl sites for hydroxylation is 2. The highest BCUT2D eigenvalue weighted by Gasteiger charge is 2.15. The highest BCUT2D eigenvalue weighted by molar-refractivity contribution is 5.87. The Labute approximate surface area is 104 Å². The fourth-order valence-electron chi connectivity index (χ4n) is 1.71. The second-order valence-electron chi connectivity index (χ2n) is 4.18. The zero-order valence-corrected chi connectivity index (χ0v) is 10.2. The van der Waals surface area contributed by atoms with Crippen LogP contribution in [0.2, 0.25) is 0 Å². The van der Waals surface area contributed by atoms with Crippen LogP contribution in [0.15, 0.2) is 24.4 Å². The van der Waals surface area contributed by atoms with Crippen LogP contribution in [0.5, 0.6) is 0 Å². The van der Waals surface area contributed by atoms with E-state index in [0.29, 0.717) is 5.56 Å². The summed E-state index contributed by atoms with van der Waals surface area (Å²) in [5.74, 6) is -1.14. The molecule has 18 heavy (non-hydrogen) atoms. The third-order valence-electron chi connectivity index (χ3n) is 2.92. The molecule has 0 saturated carbocycles. The Morgan fingerprint density at radius 3 is 2.56 bits per heavy atom. The van der Waals surface area contributed by atoms with Gasteiger partial charge >= 0.3 is 5.97 Å². The predicted molar refractivity (Wildman–Crippen MR) is 65.9 cm³/mol. The maximum atomic E-state index is 11.0. The van der Waals surface area contributed by atoms with Gasteiger partial charge in [-0.05, 0) is 37.1 Å². The molecule has 0 bridgehead atoms.